The van der Waals surface area contributed by atoms with Crippen LogP contribution < -0.4 is 10.0 Å². The van der Waals surface area contributed by atoms with Gasteiger partial charge in [0.05, 0.1) is 23.5 Å². The van der Waals surface area contributed by atoms with Crippen molar-refractivity contribution >= 4 is 27.5 Å². The van der Waals surface area contributed by atoms with E-state index < -0.39 is 15.9 Å². The van der Waals surface area contributed by atoms with E-state index in [1.54, 1.807) is 12.5 Å². The molecule has 1 aromatic heterocycles. The molecule has 0 bridgehead atoms. The Bertz CT molecular complexity index is 1210. The molecule has 0 spiro atoms. The number of nitrogens with zero attached hydrogens (tertiary/aromatic N) is 2. The van der Waals surface area contributed by atoms with Gasteiger partial charge in [0.15, 0.2) is 0 Å². The molecule has 0 unspecified atom stereocenters. The van der Waals surface area contributed by atoms with Gasteiger partial charge in [-0.2, -0.15) is 0 Å². The lowest BCUT2D eigenvalue weighted by atomic mass is 10.1. The zero-order valence-electron chi connectivity index (χ0n) is 18.1. The van der Waals surface area contributed by atoms with E-state index in [0.29, 0.717) is 6.61 Å². The van der Waals surface area contributed by atoms with Crippen molar-refractivity contribution < 1.29 is 17.9 Å². The van der Waals surface area contributed by atoms with E-state index in [9.17, 15) is 13.2 Å². The van der Waals surface area contributed by atoms with E-state index in [1.807, 2.05) is 42.0 Å². The minimum absolute atomic E-state index is 0.0505. The Balaban J connectivity index is 1.44. The molecule has 2 heterocycles. The van der Waals surface area contributed by atoms with Gasteiger partial charge >= 0.3 is 0 Å². The van der Waals surface area contributed by atoms with Crippen LogP contribution in [0.1, 0.15) is 41.7 Å². The average molecular weight is 489 g/mol. The number of carbonyl (C=O) groups is 1. The number of carbonyl (C=O) groups excluding carboxylic acids is 1. The second-order valence-electron chi connectivity index (χ2n) is 7.89. The van der Waals surface area contributed by atoms with Crippen LogP contribution in [0.5, 0.6) is 0 Å². The standard InChI is InChI=1S/C23H25ClN4O4S/c1-16(17-4-7-19(8-5-17)28-11-10-25-15-28)27-23(29)18-6-9-21(24)22(13-18)33(30,31)26-14-20-3-2-12-32-20/h4-11,13,15-16,20,26H,2-3,12,14H2,1H3,(H,27,29)/t16-,20-/m0/s1. The SMILES string of the molecule is C[C@H](NC(=O)c1ccc(Cl)c(S(=O)(=O)NC[C@@H]2CCCO2)c1)c1ccc(-n2ccnc2)cc1. The number of rotatable bonds is 8. The summed E-state index contributed by atoms with van der Waals surface area (Å²) in [5, 5.41) is 2.96. The van der Waals surface area contributed by atoms with Crippen LogP contribution in [0.2, 0.25) is 5.02 Å². The summed E-state index contributed by atoms with van der Waals surface area (Å²) < 4.78 is 35.4. The summed E-state index contributed by atoms with van der Waals surface area (Å²) in [5.74, 6) is -0.395. The predicted molar refractivity (Wildman–Crippen MR) is 125 cm³/mol. The van der Waals surface area contributed by atoms with E-state index in [-0.39, 0.29) is 34.2 Å². The van der Waals surface area contributed by atoms with Crippen LogP contribution in [-0.2, 0) is 14.8 Å². The van der Waals surface area contributed by atoms with Crippen LogP contribution in [0.4, 0.5) is 0 Å². The number of nitrogens with one attached hydrogen (secondary N) is 2. The first-order valence-electron chi connectivity index (χ1n) is 10.6. The predicted octanol–water partition coefficient (Wildman–Crippen LogP) is 3.47. The van der Waals surface area contributed by atoms with E-state index in [4.69, 9.17) is 16.3 Å². The first-order chi connectivity index (χ1) is 15.8. The normalized spacial score (nSPS) is 17.1. The van der Waals surface area contributed by atoms with Crippen molar-refractivity contribution in [1.82, 2.24) is 19.6 Å². The van der Waals surface area contributed by atoms with Gasteiger partial charge in [-0.1, -0.05) is 23.7 Å². The Morgan fingerprint density at radius 1 is 1.27 bits per heavy atom. The minimum Gasteiger partial charge on any atom is -0.377 e. The number of halogens is 1. The van der Waals surface area contributed by atoms with Crippen molar-refractivity contribution in [3.8, 4) is 5.69 Å². The number of benzene rings is 2. The van der Waals surface area contributed by atoms with Crippen LogP contribution >= 0.6 is 11.6 Å². The van der Waals surface area contributed by atoms with E-state index in [2.05, 4.69) is 15.0 Å². The van der Waals surface area contributed by atoms with Gasteiger partial charge in [0.25, 0.3) is 5.91 Å². The highest BCUT2D eigenvalue weighted by Crippen LogP contribution is 2.24. The van der Waals surface area contributed by atoms with E-state index >= 15 is 0 Å². The Hall–Kier alpha value is -2.72. The molecule has 0 aliphatic carbocycles. The number of imidazole rings is 1. The van der Waals surface area contributed by atoms with Crippen LogP contribution in [0.25, 0.3) is 5.69 Å². The molecule has 174 valence electrons. The molecule has 0 saturated carbocycles. The highest BCUT2D eigenvalue weighted by atomic mass is 35.5. The Morgan fingerprint density at radius 2 is 2.06 bits per heavy atom. The maximum atomic E-state index is 12.8. The molecule has 1 saturated heterocycles. The van der Waals surface area contributed by atoms with E-state index in [1.165, 1.54) is 18.2 Å². The summed E-state index contributed by atoms with van der Waals surface area (Å²) in [6.45, 7) is 2.66. The maximum absolute atomic E-state index is 12.8. The molecule has 4 rings (SSSR count). The summed E-state index contributed by atoms with van der Waals surface area (Å²) in [7, 11) is -3.89. The third kappa shape index (κ3) is 5.62. The Morgan fingerprint density at radius 3 is 2.73 bits per heavy atom. The zero-order valence-corrected chi connectivity index (χ0v) is 19.6. The highest BCUT2D eigenvalue weighted by molar-refractivity contribution is 7.89. The second-order valence-corrected chi connectivity index (χ2v) is 10.0. The fraction of sp³-hybridized carbons (Fsp3) is 0.304. The van der Waals surface area contributed by atoms with Gasteiger partial charge in [-0.15, -0.1) is 0 Å². The van der Waals surface area contributed by atoms with Crippen LogP contribution in [0, 0.1) is 0 Å². The summed E-state index contributed by atoms with van der Waals surface area (Å²) >= 11 is 6.15. The molecule has 33 heavy (non-hydrogen) atoms. The fourth-order valence-electron chi connectivity index (χ4n) is 3.65. The van der Waals surface area contributed by atoms with Gasteiger partial charge in [0.2, 0.25) is 10.0 Å². The molecule has 1 amide bonds. The maximum Gasteiger partial charge on any atom is 0.251 e. The first-order valence-corrected chi connectivity index (χ1v) is 12.5. The largest absolute Gasteiger partial charge is 0.377 e. The van der Waals surface area contributed by atoms with Gasteiger partial charge in [-0.05, 0) is 55.7 Å². The number of amides is 1. The van der Waals surface area contributed by atoms with Gasteiger partial charge < -0.3 is 14.6 Å². The first kappa shape index (κ1) is 23.4. The fourth-order valence-corrected chi connectivity index (χ4v) is 5.24. The number of hydrogen-bond acceptors (Lipinski definition) is 5. The van der Waals surface area contributed by atoms with Crippen molar-refractivity contribution in [2.24, 2.45) is 0 Å². The molecule has 0 radical (unpaired) electrons. The second kappa shape index (κ2) is 10.0. The van der Waals surface area contributed by atoms with Gasteiger partial charge in [0, 0.05) is 36.8 Å². The monoisotopic (exact) mass is 488 g/mol. The van der Waals surface area contributed by atoms with Gasteiger partial charge in [-0.3, -0.25) is 4.79 Å². The Labute approximate surface area is 198 Å². The number of hydrogen-bond donors (Lipinski definition) is 2. The van der Waals surface area contributed by atoms with Crippen molar-refractivity contribution in [2.75, 3.05) is 13.2 Å². The van der Waals surface area contributed by atoms with Crippen molar-refractivity contribution in [1.29, 1.82) is 0 Å². The number of sulfonamides is 1. The third-order valence-corrected chi connectivity index (χ3v) is 7.46. The number of ether oxygens (including phenoxy) is 1. The summed E-state index contributed by atoms with van der Waals surface area (Å²) in [6, 6.07) is 11.7. The van der Waals surface area contributed by atoms with Crippen LogP contribution in [-0.4, -0.2) is 43.1 Å². The molecule has 1 aliphatic rings. The third-order valence-electron chi connectivity index (χ3n) is 5.55. The zero-order chi connectivity index (χ0) is 23.4. The molecule has 10 heteroatoms. The van der Waals surface area contributed by atoms with Crippen molar-refractivity contribution in [3.63, 3.8) is 0 Å². The molecular weight excluding hydrogens is 464 g/mol. The minimum atomic E-state index is -3.89. The van der Waals surface area contributed by atoms with E-state index in [0.717, 1.165) is 24.1 Å². The molecule has 3 aromatic rings. The molecule has 2 N–H and O–H groups in total. The highest BCUT2D eigenvalue weighted by Gasteiger charge is 2.24. The average Bonchev–Trinajstić information content (AvgIpc) is 3.52. The summed E-state index contributed by atoms with van der Waals surface area (Å²) in [6.07, 6.45) is 6.83. The van der Waals surface area contributed by atoms with Gasteiger partial charge in [0.1, 0.15) is 4.90 Å². The molecule has 2 aromatic carbocycles. The topological polar surface area (TPSA) is 102 Å². The lowest BCUT2D eigenvalue weighted by Crippen LogP contribution is -2.32. The van der Waals surface area contributed by atoms with Crippen LogP contribution in [0.15, 0.2) is 66.1 Å². The molecule has 8 nitrogen and oxygen atoms in total. The van der Waals surface area contributed by atoms with Crippen molar-refractivity contribution in [2.45, 2.75) is 36.8 Å². The molecular formula is C23H25ClN4O4S. The quantitative estimate of drug-likeness (QED) is 0.505. The molecule has 1 aliphatic heterocycles. The number of aromatic nitrogens is 2. The lowest BCUT2D eigenvalue weighted by molar-refractivity contribution is 0.0939. The molecule has 1 fully saturated rings. The lowest BCUT2D eigenvalue weighted by Gasteiger charge is -2.16. The van der Waals surface area contributed by atoms with Gasteiger partial charge in [-0.25, -0.2) is 18.1 Å². The van der Waals surface area contributed by atoms with Crippen molar-refractivity contribution in [3.05, 3.63) is 77.3 Å². The smallest absolute Gasteiger partial charge is 0.251 e. The summed E-state index contributed by atoms with van der Waals surface area (Å²) in [4.78, 5) is 16.7. The summed E-state index contributed by atoms with van der Waals surface area (Å²) in [5.41, 5.74) is 2.07. The molecule has 2 atom stereocenters. The van der Waals surface area contributed by atoms with Crippen LogP contribution in [0.3, 0.4) is 0 Å². The Kier molecular flexibility index (Phi) is 7.14.